The molecule has 5 heteroatoms. The maximum Gasteiger partial charge on any atom is 0.178 e. The molecule has 22 heavy (non-hydrogen) atoms. The van der Waals surface area contributed by atoms with Gasteiger partial charge in [0, 0.05) is 17.4 Å². The van der Waals surface area contributed by atoms with Gasteiger partial charge in [0.05, 0.1) is 10.6 Å². The number of sulfone groups is 1. The van der Waals surface area contributed by atoms with E-state index in [4.69, 9.17) is 0 Å². The predicted octanol–water partition coefficient (Wildman–Crippen LogP) is 3.95. The number of fused-ring (bicyclic) bond motifs is 1. The summed E-state index contributed by atoms with van der Waals surface area (Å²) in [4.78, 5) is 12.2. The summed E-state index contributed by atoms with van der Waals surface area (Å²) in [6.07, 6.45) is 0.00585. The van der Waals surface area contributed by atoms with Crippen LogP contribution in [0.15, 0.2) is 64.2 Å². The van der Waals surface area contributed by atoms with Crippen molar-refractivity contribution >= 4 is 37.7 Å². The first-order valence-corrected chi connectivity index (χ1v) is 9.43. The molecule has 0 aliphatic carbocycles. The van der Waals surface area contributed by atoms with Gasteiger partial charge in [0.1, 0.15) is 0 Å². The maximum absolute atomic E-state index is 12.4. The van der Waals surface area contributed by atoms with Crippen molar-refractivity contribution in [3.63, 3.8) is 0 Å². The lowest BCUT2D eigenvalue weighted by molar-refractivity contribution is 0.0989. The Kier molecular flexibility index (Phi) is 4.09. The lowest BCUT2D eigenvalue weighted by Crippen LogP contribution is -2.11. The highest BCUT2D eigenvalue weighted by molar-refractivity contribution is 7.91. The largest absolute Gasteiger partial charge is 0.294 e. The fraction of sp³-hybridized carbons (Fsp3) is 0.118. The number of thiophene rings is 1. The van der Waals surface area contributed by atoms with Crippen molar-refractivity contribution in [3.8, 4) is 0 Å². The summed E-state index contributed by atoms with van der Waals surface area (Å²) < 4.78 is 24.8. The van der Waals surface area contributed by atoms with Gasteiger partial charge in [0.15, 0.2) is 15.6 Å². The summed E-state index contributed by atoms with van der Waals surface area (Å²) in [7, 11) is -3.46. The molecule has 0 unspecified atom stereocenters. The molecule has 0 atom stereocenters. The van der Waals surface area contributed by atoms with Crippen LogP contribution in [0.3, 0.4) is 0 Å². The molecule has 0 aliphatic rings. The van der Waals surface area contributed by atoms with Gasteiger partial charge in [-0.05, 0) is 34.4 Å². The van der Waals surface area contributed by atoms with E-state index in [9.17, 15) is 13.2 Å². The first-order valence-electron chi connectivity index (χ1n) is 6.83. The molecule has 0 radical (unpaired) electrons. The zero-order valence-electron chi connectivity index (χ0n) is 11.7. The second-order valence-corrected chi connectivity index (χ2v) is 7.90. The van der Waals surface area contributed by atoms with Crippen LogP contribution in [0.4, 0.5) is 0 Å². The number of hydrogen-bond acceptors (Lipinski definition) is 4. The molecular weight excluding hydrogens is 316 g/mol. The van der Waals surface area contributed by atoms with Gasteiger partial charge < -0.3 is 0 Å². The topological polar surface area (TPSA) is 51.2 Å². The molecule has 112 valence electrons. The number of carbonyl (C=O) groups excluding carboxylic acids is 1. The third-order valence-electron chi connectivity index (χ3n) is 3.52. The Labute approximate surface area is 133 Å². The van der Waals surface area contributed by atoms with Crippen LogP contribution in [0.1, 0.15) is 16.8 Å². The van der Waals surface area contributed by atoms with Gasteiger partial charge >= 0.3 is 0 Å². The number of Topliss-reactive ketones (excluding diaryl/α,β-unsaturated/α-hetero) is 1. The van der Waals surface area contributed by atoms with Crippen LogP contribution >= 0.6 is 11.3 Å². The third kappa shape index (κ3) is 3.10. The Hall–Kier alpha value is -1.98. The maximum atomic E-state index is 12.4. The number of rotatable bonds is 5. The third-order valence-corrected chi connectivity index (χ3v) is 5.92. The molecule has 0 bridgehead atoms. The second-order valence-electron chi connectivity index (χ2n) is 5.01. The molecule has 0 spiro atoms. The highest BCUT2D eigenvalue weighted by atomic mass is 32.2. The number of carbonyl (C=O) groups is 1. The van der Waals surface area contributed by atoms with Crippen LogP contribution in [0.25, 0.3) is 10.8 Å². The van der Waals surface area contributed by atoms with E-state index in [1.54, 1.807) is 29.6 Å². The van der Waals surface area contributed by atoms with Crippen LogP contribution in [-0.2, 0) is 9.84 Å². The standard InChI is InChI=1S/C17H14O3S2/c18-17(15-7-9-21-12-15)8-10-22(19,20)16-6-5-13-3-1-2-4-14(13)11-16/h1-7,9,11-12H,8,10H2. The molecule has 0 saturated carbocycles. The van der Waals surface area contributed by atoms with Crippen molar-refractivity contribution in [1.29, 1.82) is 0 Å². The van der Waals surface area contributed by atoms with Crippen LogP contribution < -0.4 is 0 Å². The minimum atomic E-state index is -3.46. The zero-order valence-corrected chi connectivity index (χ0v) is 13.4. The molecule has 0 N–H and O–H groups in total. The predicted molar refractivity (Wildman–Crippen MR) is 89.3 cm³/mol. The normalized spacial score (nSPS) is 11.6. The van der Waals surface area contributed by atoms with Gasteiger partial charge in [-0.3, -0.25) is 4.79 Å². The van der Waals surface area contributed by atoms with E-state index >= 15 is 0 Å². The average Bonchev–Trinajstić information content (AvgIpc) is 3.07. The second kappa shape index (κ2) is 6.02. The highest BCUT2D eigenvalue weighted by Crippen LogP contribution is 2.21. The molecule has 1 heterocycles. The summed E-state index contributed by atoms with van der Waals surface area (Å²) >= 11 is 1.43. The molecule has 1 aromatic heterocycles. The van der Waals surface area contributed by atoms with E-state index in [1.807, 2.05) is 29.6 Å². The van der Waals surface area contributed by atoms with Crippen molar-refractivity contribution in [1.82, 2.24) is 0 Å². The van der Waals surface area contributed by atoms with E-state index in [0.29, 0.717) is 5.56 Å². The van der Waals surface area contributed by atoms with Crippen molar-refractivity contribution in [3.05, 3.63) is 64.9 Å². The quantitative estimate of drug-likeness (QED) is 0.666. The molecule has 2 aromatic carbocycles. The minimum Gasteiger partial charge on any atom is -0.294 e. The van der Waals surface area contributed by atoms with Crippen LogP contribution in [0.2, 0.25) is 0 Å². The molecular formula is C17H14O3S2. The van der Waals surface area contributed by atoms with E-state index in [-0.39, 0.29) is 22.9 Å². The van der Waals surface area contributed by atoms with Crippen molar-refractivity contribution in [2.45, 2.75) is 11.3 Å². The van der Waals surface area contributed by atoms with E-state index < -0.39 is 9.84 Å². The lowest BCUT2D eigenvalue weighted by Gasteiger charge is -2.05. The first kappa shape index (κ1) is 14.9. The number of benzene rings is 2. The molecule has 3 aromatic rings. The Balaban J connectivity index is 1.80. The summed E-state index contributed by atoms with van der Waals surface area (Å²) in [6.45, 7) is 0. The van der Waals surface area contributed by atoms with Gasteiger partial charge in [-0.2, -0.15) is 11.3 Å². The summed E-state index contributed by atoms with van der Waals surface area (Å²) in [5.41, 5.74) is 0.582. The smallest absolute Gasteiger partial charge is 0.178 e. The minimum absolute atomic E-state index is 0.00585. The van der Waals surface area contributed by atoms with Crippen molar-refractivity contribution in [2.24, 2.45) is 0 Å². The highest BCUT2D eigenvalue weighted by Gasteiger charge is 2.17. The summed E-state index contributed by atoms with van der Waals surface area (Å²) in [6, 6.07) is 14.4. The zero-order chi connectivity index (χ0) is 15.6. The van der Waals surface area contributed by atoms with E-state index in [0.717, 1.165) is 10.8 Å². The Bertz CT molecular complexity index is 910. The first-order chi connectivity index (χ1) is 10.6. The molecule has 0 amide bonds. The van der Waals surface area contributed by atoms with Crippen LogP contribution in [-0.4, -0.2) is 20.0 Å². The fourth-order valence-electron chi connectivity index (χ4n) is 2.27. The lowest BCUT2D eigenvalue weighted by atomic mass is 10.1. The monoisotopic (exact) mass is 330 g/mol. The summed E-state index contributed by atoms with van der Waals surface area (Å²) in [5.74, 6) is -0.300. The molecule has 3 rings (SSSR count). The van der Waals surface area contributed by atoms with Crippen molar-refractivity contribution in [2.75, 3.05) is 5.75 Å². The van der Waals surface area contributed by atoms with E-state index in [2.05, 4.69) is 0 Å². The number of hydrogen-bond donors (Lipinski definition) is 0. The van der Waals surface area contributed by atoms with Gasteiger partial charge in [0.25, 0.3) is 0 Å². The van der Waals surface area contributed by atoms with Crippen molar-refractivity contribution < 1.29 is 13.2 Å². The van der Waals surface area contributed by atoms with Gasteiger partial charge in [-0.25, -0.2) is 8.42 Å². The van der Waals surface area contributed by atoms with Crippen LogP contribution in [0.5, 0.6) is 0 Å². The SMILES string of the molecule is O=C(CCS(=O)(=O)c1ccc2ccccc2c1)c1ccsc1. The molecule has 0 fully saturated rings. The van der Waals surface area contributed by atoms with Gasteiger partial charge in [-0.1, -0.05) is 30.3 Å². The summed E-state index contributed by atoms with van der Waals surface area (Å²) in [5, 5.41) is 5.43. The number of ketones is 1. The average molecular weight is 330 g/mol. The molecule has 0 aliphatic heterocycles. The molecule has 3 nitrogen and oxygen atoms in total. The fourth-order valence-corrected chi connectivity index (χ4v) is 4.21. The Morgan fingerprint density at radius 3 is 2.50 bits per heavy atom. The van der Waals surface area contributed by atoms with Gasteiger partial charge in [0.2, 0.25) is 0 Å². The Morgan fingerprint density at radius 1 is 1.00 bits per heavy atom. The van der Waals surface area contributed by atoms with Crippen LogP contribution in [0, 0.1) is 0 Å². The van der Waals surface area contributed by atoms with E-state index in [1.165, 1.54) is 11.3 Å². The molecule has 0 saturated heterocycles. The van der Waals surface area contributed by atoms with Gasteiger partial charge in [-0.15, -0.1) is 0 Å². The Morgan fingerprint density at radius 2 is 1.77 bits per heavy atom.